The number of aliphatic carboxylic acids is 1. The molecule has 0 saturated carbocycles. The van der Waals surface area contributed by atoms with Crippen LogP contribution in [0.25, 0.3) is 11.1 Å². The van der Waals surface area contributed by atoms with Crippen LogP contribution in [0.15, 0.2) is 40.4 Å². The Morgan fingerprint density at radius 3 is 2.40 bits per heavy atom. The molecule has 10 nitrogen and oxygen atoms in total. The molecule has 2 aromatic carbocycles. The van der Waals surface area contributed by atoms with Gasteiger partial charge in [0.15, 0.2) is 5.71 Å². The van der Waals surface area contributed by atoms with E-state index >= 15 is 0 Å². The molecule has 0 fully saturated rings. The van der Waals surface area contributed by atoms with Crippen LogP contribution >= 0.6 is 12.4 Å². The summed E-state index contributed by atoms with van der Waals surface area (Å²) in [5.74, 6) is -1.57. The molecular formula is C23H27ClN4O6S. The van der Waals surface area contributed by atoms with Crippen molar-refractivity contribution in [3.8, 4) is 11.1 Å². The van der Waals surface area contributed by atoms with Crippen molar-refractivity contribution in [2.45, 2.75) is 17.9 Å². The van der Waals surface area contributed by atoms with Crippen LogP contribution in [-0.2, 0) is 37.4 Å². The van der Waals surface area contributed by atoms with Gasteiger partial charge in [-0.1, -0.05) is 17.3 Å². The van der Waals surface area contributed by atoms with Crippen LogP contribution in [0, 0.1) is 0 Å². The van der Waals surface area contributed by atoms with E-state index < -0.39 is 22.6 Å². The lowest BCUT2D eigenvalue weighted by atomic mass is 9.87. The maximum Gasteiger partial charge on any atom is 0.344 e. The maximum atomic E-state index is 13.0. The van der Waals surface area contributed by atoms with Crippen LogP contribution in [0.5, 0.6) is 0 Å². The first-order chi connectivity index (χ1) is 16.0. The van der Waals surface area contributed by atoms with Crippen LogP contribution in [-0.4, -0.2) is 81.7 Å². The molecule has 0 atom stereocenters. The van der Waals surface area contributed by atoms with Crippen molar-refractivity contribution >= 4 is 45.7 Å². The number of anilines is 1. The number of halogens is 1. The van der Waals surface area contributed by atoms with Gasteiger partial charge >= 0.3 is 5.97 Å². The van der Waals surface area contributed by atoms with E-state index in [-0.39, 0.29) is 28.9 Å². The number of rotatable bonds is 6. The largest absolute Gasteiger partial charge is 0.479 e. The first-order valence-corrected chi connectivity index (χ1v) is 12.1. The number of hydrogen-bond donors (Lipinski definition) is 1. The number of hydrogen-bond acceptors (Lipinski definition) is 7. The van der Waals surface area contributed by atoms with Gasteiger partial charge in [-0.2, -0.15) is 0 Å². The van der Waals surface area contributed by atoms with Crippen LogP contribution < -0.4 is 4.90 Å². The van der Waals surface area contributed by atoms with Gasteiger partial charge in [0.2, 0.25) is 16.6 Å². The Balaban J connectivity index is 0.00000342. The highest BCUT2D eigenvalue weighted by Gasteiger charge is 2.37. The molecule has 2 heterocycles. The third-order valence-electron chi connectivity index (χ3n) is 6.08. The summed E-state index contributed by atoms with van der Waals surface area (Å²) in [4.78, 5) is 32.6. The Morgan fingerprint density at radius 2 is 1.80 bits per heavy atom. The van der Waals surface area contributed by atoms with Gasteiger partial charge in [0.25, 0.3) is 5.91 Å². The minimum atomic E-state index is -3.56. The Bertz CT molecular complexity index is 1310. The number of benzene rings is 2. The molecule has 12 heteroatoms. The van der Waals surface area contributed by atoms with E-state index in [4.69, 9.17) is 9.94 Å². The van der Waals surface area contributed by atoms with E-state index in [0.29, 0.717) is 12.1 Å². The highest BCUT2D eigenvalue weighted by molar-refractivity contribution is 7.89. The number of fused-ring (bicyclic) bond motifs is 3. The van der Waals surface area contributed by atoms with E-state index in [2.05, 4.69) is 10.1 Å². The number of amides is 1. The zero-order valence-corrected chi connectivity index (χ0v) is 21.4. The molecule has 4 rings (SSSR count). The van der Waals surface area contributed by atoms with Gasteiger partial charge in [0.1, 0.15) is 0 Å². The first kappa shape index (κ1) is 26.6. The summed E-state index contributed by atoms with van der Waals surface area (Å²) in [6.45, 7) is 0.809. The molecule has 2 aromatic rings. The second kappa shape index (κ2) is 9.94. The molecular weight excluding hydrogens is 496 g/mol. The van der Waals surface area contributed by atoms with E-state index in [1.54, 1.807) is 31.3 Å². The summed E-state index contributed by atoms with van der Waals surface area (Å²) < 4.78 is 26.1. The van der Waals surface area contributed by atoms with E-state index in [0.717, 1.165) is 45.2 Å². The minimum absolute atomic E-state index is 0. The molecule has 0 spiro atoms. The van der Waals surface area contributed by atoms with Gasteiger partial charge in [0.05, 0.1) is 10.6 Å². The summed E-state index contributed by atoms with van der Waals surface area (Å²) in [5.41, 5.74) is 5.12. The normalized spacial score (nSPS) is 16.8. The summed E-state index contributed by atoms with van der Waals surface area (Å²) in [5, 5.41) is 12.7. The molecule has 2 aliphatic heterocycles. The Morgan fingerprint density at radius 1 is 1.14 bits per heavy atom. The molecule has 2 aliphatic rings. The quantitative estimate of drug-likeness (QED) is 0.574. The third-order valence-corrected chi connectivity index (χ3v) is 7.91. The predicted molar refractivity (Wildman–Crippen MR) is 134 cm³/mol. The fourth-order valence-corrected chi connectivity index (χ4v) is 5.23. The average molecular weight is 523 g/mol. The highest BCUT2D eigenvalue weighted by Crippen LogP contribution is 2.42. The monoisotopic (exact) mass is 522 g/mol. The fraction of sp³-hybridized carbons (Fsp3) is 0.348. The molecule has 0 aromatic heterocycles. The van der Waals surface area contributed by atoms with Gasteiger partial charge in [-0.05, 0) is 53.9 Å². The topological polar surface area (TPSA) is 120 Å². The number of likely N-dealkylation sites (N-methyl/N-ethyl adjacent to an activating group) is 2. The van der Waals surface area contributed by atoms with E-state index in [9.17, 15) is 18.0 Å². The first-order valence-electron chi connectivity index (χ1n) is 10.6. The molecule has 0 bridgehead atoms. The van der Waals surface area contributed by atoms with E-state index in [1.807, 2.05) is 13.1 Å². The minimum Gasteiger partial charge on any atom is -0.479 e. The van der Waals surface area contributed by atoms with Crippen molar-refractivity contribution < 1.29 is 28.0 Å². The smallest absolute Gasteiger partial charge is 0.344 e. The van der Waals surface area contributed by atoms with Crippen molar-refractivity contribution in [1.82, 2.24) is 9.21 Å². The van der Waals surface area contributed by atoms with Crippen LogP contribution in [0.1, 0.15) is 16.7 Å². The van der Waals surface area contributed by atoms with Crippen molar-refractivity contribution in [3.05, 3.63) is 47.0 Å². The lowest BCUT2D eigenvalue weighted by Gasteiger charge is -2.30. The molecule has 0 radical (unpaired) electrons. The number of sulfonamides is 1. The summed E-state index contributed by atoms with van der Waals surface area (Å²) in [6.07, 6.45) is 0.760. The van der Waals surface area contributed by atoms with E-state index in [1.165, 1.54) is 19.0 Å². The third kappa shape index (κ3) is 4.76. The highest BCUT2D eigenvalue weighted by atomic mass is 35.5. The fourth-order valence-electron chi connectivity index (χ4n) is 4.33. The molecule has 0 saturated heterocycles. The lowest BCUT2D eigenvalue weighted by molar-refractivity contribution is -0.142. The average Bonchev–Trinajstić information content (AvgIpc) is 3.03. The molecule has 1 N–H and O–H groups in total. The number of oxime groups is 1. The molecule has 0 aliphatic carbocycles. The Hall–Kier alpha value is -2.99. The van der Waals surface area contributed by atoms with Crippen molar-refractivity contribution in [3.63, 3.8) is 0 Å². The van der Waals surface area contributed by atoms with Crippen LogP contribution in [0.2, 0.25) is 0 Å². The summed E-state index contributed by atoms with van der Waals surface area (Å²) in [7, 11) is 3.08. The van der Waals surface area contributed by atoms with Crippen LogP contribution in [0.3, 0.4) is 0 Å². The molecule has 35 heavy (non-hydrogen) atoms. The van der Waals surface area contributed by atoms with Gasteiger partial charge in [-0.3, -0.25) is 4.79 Å². The van der Waals surface area contributed by atoms with Crippen molar-refractivity contribution in [2.24, 2.45) is 5.16 Å². The number of carboxylic acids is 1. The van der Waals surface area contributed by atoms with Gasteiger partial charge < -0.3 is 19.7 Å². The Labute approximate surface area is 210 Å². The molecule has 1 amide bonds. The van der Waals surface area contributed by atoms with Gasteiger partial charge in [-0.15, -0.1) is 12.4 Å². The SMILES string of the molecule is CN1CCc2c(-c3ccc(S(=O)(=O)N(C)C)cc3)cc3c(c2C1)N(C)C(=O)C3=NOCC(=O)O.Cl. The van der Waals surface area contributed by atoms with Crippen molar-refractivity contribution in [1.29, 1.82) is 0 Å². The second-order valence-corrected chi connectivity index (χ2v) is 10.7. The number of carboxylic acid groups (broad SMARTS) is 1. The molecule has 188 valence electrons. The number of carbonyl (C=O) groups excluding carboxylic acids is 1. The van der Waals surface area contributed by atoms with Crippen molar-refractivity contribution in [2.75, 3.05) is 46.2 Å². The Kier molecular flexibility index (Phi) is 7.56. The lowest BCUT2D eigenvalue weighted by Crippen LogP contribution is -2.30. The molecule has 0 unspecified atom stereocenters. The second-order valence-electron chi connectivity index (χ2n) is 8.55. The van der Waals surface area contributed by atoms with Gasteiger partial charge in [0, 0.05) is 39.8 Å². The van der Waals surface area contributed by atoms with Gasteiger partial charge in [-0.25, -0.2) is 17.5 Å². The number of carbonyl (C=O) groups is 2. The van der Waals surface area contributed by atoms with Crippen LogP contribution in [0.4, 0.5) is 5.69 Å². The standard InChI is InChI=1S/C23H26N4O6S.ClH/c1-25(2)34(31,32)15-7-5-14(6-8-15)17-11-18-21(24-33-13-20(28)29)23(30)27(4)22(18)19-12-26(3)10-9-16(17)19;/h5-8,11H,9-10,12-13H2,1-4H3,(H,28,29);1H. The maximum absolute atomic E-state index is 13.0. The predicted octanol–water partition coefficient (Wildman–Crippen LogP) is 1.80. The summed E-state index contributed by atoms with van der Waals surface area (Å²) in [6, 6.07) is 8.52. The zero-order valence-electron chi connectivity index (χ0n) is 19.8. The zero-order chi connectivity index (χ0) is 24.8. The summed E-state index contributed by atoms with van der Waals surface area (Å²) >= 11 is 0. The number of nitrogens with zero attached hydrogens (tertiary/aromatic N) is 4.